The van der Waals surface area contributed by atoms with Crippen molar-refractivity contribution < 1.29 is 34.7 Å². The van der Waals surface area contributed by atoms with Crippen molar-refractivity contribution in [3.63, 3.8) is 0 Å². The second-order valence-electron chi connectivity index (χ2n) is 6.26. The van der Waals surface area contributed by atoms with Crippen LogP contribution in [0.2, 0.25) is 0 Å². The summed E-state index contributed by atoms with van der Waals surface area (Å²) in [5.74, 6) is 1.05. The van der Waals surface area contributed by atoms with Crippen LogP contribution in [0.1, 0.15) is 19.8 Å². The zero-order valence-corrected chi connectivity index (χ0v) is 16.8. The van der Waals surface area contributed by atoms with Gasteiger partial charge in [-0.25, -0.2) is 3.63 Å². The van der Waals surface area contributed by atoms with Crippen LogP contribution >= 0.6 is 10.3 Å². The summed E-state index contributed by atoms with van der Waals surface area (Å²) in [7, 11) is -8.34. The number of hydrogen-bond donors (Lipinski definition) is 0. The lowest BCUT2D eigenvalue weighted by Crippen LogP contribution is -2.27. The number of fused-ring (bicyclic) bond motifs is 1. The Hall–Kier alpha value is -1.49. The first kappa shape index (κ1) is 21.2. The van der Waals surface area contributed by atoms with Crippen molar-refractivity contribution in [2.75, 3.05) is 24.9 Å². The summed E-state index contributed by atoms with van der Waals surface area (Å²) in [6.45, 7) is 2.35. The lowest BCUT2D eigenvalue weighted by molar-refractivity contribution is -0.0496. The molecule has 3 rings (SSSR count). The topological polar surface area (TPSA) is 61.8 Å². The Morgan fingerprint density at radius 2 is 1.68 bits per heavy atom. The van der Waals surface area contributed by atoms with E-state index in [1.807, 2.05) is 6.92 Å². The Morgan fingerprint density at radius 1 is 1.04 bits per heavy atom. The molecular weight excluding hydrogens is 417 g/mol. The molecule has 10 heteroatoms. The molecule has 156 valence electrons. The largest absolute Gasteiger partial charge is 0.523 e. The maximum atomic E-state index is 13.0. The summed E-state index contributed by atoms with van der Waals surface area (Å²) >= 11 is 0. The van der Waals surface area contributed by atoms with Crippen LogP contribution in [-0.2, 0) is 18.5 Å². The molecule has 1 saturated heterocycles. The quantitative estimate of drug-likeness (QED) is 0.348. The van der Waals surface area contributed by atoms with E-state index in [1.165, 1.54) is 0 Å². The Labute approximate surface area is 163 Å². The predicted molar refractivity (Wildman–Crippen MR) is 102 cm³/mol. The molecule has 2 aromatic carbocycles. The molecular formula is C18H21F3O5S2. The maximum absolute atomic E-state index is 13.0. The van der Waals surface area contributed by atoms with Crippen molar-refractivity contribution in [2.45, 2.75) is 30.2 Å². The van der Waals surface area contributed by atoms with Gasteiger partial charge in [0.1, 0.15) is 5.75 Å². The smallest absolute Gasteiger partial charge is 0.467 e. The molecule has 1 aliphatic rings. The zero-order chi connectivity index (χ0) is 20.4. The Bertz CT molecular complexity index is 938. The monoisotopic (exact) mass is 438 g/mol. The standard InChI is InChI=1S/C18H21F3O5S2/c1-2-24-13-25-16-9-10-17(15-8-4-3-7-14(15)16)27(11-5-6-12-27)26-28(22,23)18(19,20)21/h3-4,7-10H,2,5-6,11-13H2,1H3. The third-order valence-electron chi connectivity index (χ3n) is 4.45. The molecule has 0 spiro atoms. The maximum Gasteiger partial charge on any atom is 0.523 e. The third kappa shape index (κ3) is 4.10. The van der Waals surface area contributed by atoms with Crippen LogP contribution in [0.25, 0.3) is 10.8 Å². The molecule has 0 atom stereocenters. The molecule has 0 aromatic heterocycles. The van der Waals surface area contributed by atoms with E-state index in [9.17, 15) is 21.6 Å². The molecule has 28 heavy (non-hydrogen) atoms. The minimum Gasteiger partial charge on any atom is -0.467 e. The van der Waals surface area contributed by atoms with Crippen molar-refractivity contribution >= 4 is 31.2 Å². The molecule has 1 aliphatic heterocycles. The fourth-order valence-electron chi connectivity index (χ4n) is 3.19. The fourth-order valence-corrected chi connectivity index (χ4v) is 8.59. The summed E-state index contributed by atoms with van der Waals surface area (Å²) in [5, 5.41) is 1.30. The molecule has 1 fully saturated rings. The average Bonchev–Trinajstić information content (AvgIpc) is 3.09. The lowest BCUT2D eigenvalue weighted by Gasteiger charge is -2.35. The van der Waals surface area contributed by atoms with Gasteiger partial charge in [0.15, 0.2) is 6.79 Å². The summed E-state index contributed by atoms with van der Waals surface area (Å²) in [5.41, 5.74) is -5.45. The Morgan fingerprint density at radius 3 is 2.29 bits per heavy atom. The molecule has 0 amide bonds. The Balaban J connectivity index is 2.09. The van der Waals surface area contributed by atoms with Gasteiger partial charge in [0.05, 0.1) is 0 Å². The molecule has 0 saturated carbocycles. The first-order valence-electron chi connectivity index (χ1n) is 8.73. The van der Waals surface area contributed by atoms with Gasteiger partial charge in [-0.2, -0.15) is 21.6 Å². The van der Waals surface area contributed by atoms with Gasteiger partial charge in [0.25, 0.3) is 0 Å². The second-order valence-corrected chi connectivity index (χ2v) is 11.1. The van der Waals surface area contributed by atoms with Crippen molar-refractivity contribution in [3.05, 3.63) is 36.4 Å². The van der Waals surface area contributed by atoms with E-state index in [-0.39, 0.29) is 18.3 Å². The van der Waals surface area contributed by atoms with Crippen LogP contribution < -0.4 is 4.74 Å². The number of halogens is 3. The van der Waals surface area contributed by atoms with E-state index in [0.717, 1.165) is 0 Å². The molecule has 0 bridgehead atoms. The minimum atomic E-state index is -5.70. The van der Waals surface area contributed by atoms with Crippen molar-refractivity contribution in [2.24, 2.45) is 0 Å². The molecule has 0 unspecified atom stereocenters. The van der Waals surface area contributed by atoms with Crippen LogP contribution in [0.3, 0.4) is 0 Å². The number of benzene rings is 2. The van der Waals surface area contributed by atoms with Gasteiger partial charge in [0.2, 0.25) is 0 Å². The Kier molecular flexibility index (Phi) is 6.14. The number of alkyl halides is 3. The highest BCUT2D eigenvalue weighted by Crippen LogP contribution is 2.65. The van der Waals surface area contributed by atoms with Gasteiger partial charge in [-0.3, -0.25) is 0 Å². The fraction of sp³-hybridized carbons (Fsp3) is 0.444. The molecule has 0 aliphatic carbocycles. The third-order valence-corrected chi connectivity index (χ3v) is 9.83. The lowest BCUT2D eigenvalue weighted by atomic mass is 10.1. The molecule has 1 heterocycles. The van der Waals surface area contributed by atoms with E-state index in [1.54, 1.807) is 36.4 Å². The van der Waals surface area contributed by atoms with Crippen molar-refractivity contribution in [1.82, 2.24) is 0 Å². The van der Waals surface area contributed by atoms with E-state index in [0.29, 0.717) is 40.9 Å². The number of ether oxygens (including phenoxy) is 2. The van der Waals surface area contributed by atoms with Gasteiger partial charge in [-0.1, -0.05) is 34.6 Å². The van der Waals surface area contributed by atoms with Crippen LogP contribution in [0.4, 0.5) is 13.2 Å². The zero-order valence-electron chi connectivity index (χ0n) is 15.2. The van der Waals surface area contributed by atoms with Gasteiger partial charge in [0, 0.05) is 28.4 Å². The normalized spacial score (nSPS) is 18.3. The van der Waals surface area contributed by atoms with Gasteiger partial charge in [-0.05, 0) is 37.3 Å². The first-order chi connectivity index (χ1) is 13.2. The van der Waals surface area contributed by atoms with E-state index in [2.05, 4.69) is 0 Å². The van der Waals surface area contributed by atoms with Crippen LogP contribution in [0, 0.1) is 0 Å². The van der Waals surface area contributed by atoms with Crippen LogP contribution in [-0.4, -0.2) is 38.8 Å². The molecule has 2 aromatic rings. The number of rotatable bonds is 7. The van der Waals surface area contributed by atoms with E-state index < -0.39 is 25.9 Å². The van der Waals surface area contributed by atoms with Crippen molar-refractivity contribution in [3.8, 4) is 5.75 Å². The molecule has 0 radical (unpaired) electrons. The SMILES string of the molecule is CCOCOc1ccc(S2(OS(=O)(=O)C(F)(F)F)CCCC2)c2ccccc12. The summed E-state index contributed by atoms with van der Waals surface area (Å²) in [6.07, 6.45) is 1.22. The highest BCUT2D eigenvalue weighted by molar-refractivity contribution is 8.33. The highest BCUT2D eigenvalue weighted by Gasteiger charge is 2.52. The summed E-state index contributed by atoms with van der Waals surface area (Å²) < 4.78 is 78.3. The minimum absolute atomic E-state index is 0.0385. The van der Waals surface area contributed by atoms with Gasteiger partial charge in [-0.15, -0.1) is 0 Å². The van der Waals surface area contributed by atoms with Crippen LogP contribution in [0.15, 0.2) is 41.3 Å². The molecule has 5 nitrogen and oxygen atoms in total. The van der Waals surface area contributed by atoms with Crippen LogP contribution in [0.5, 0.6) is 5.75 Å². The summed E-state index contributed by atoms with van der Waals surface area (Å²) in [4.78, 5) is 0.497. The number of hydrogen-bond acceptors (Lipinski definition) is 5. The van der Waals surface area contributed by atoms with Crippen molar-refractivity contribution in [1.29, 1.82) is 0 Å². The average molecular weight is 438 g/mol. The predicted octanol–water partition coefficient (Wildman–Crippen LogP) is 4.95. The highest BCUT2D eigenvalue weighted by atomic mass is 32.3. The van der Waals surface area contributed by atoms with Gasteiger partial charge < -0.3 is 9.47 Å². The van der Waals surface area contributed by atoms with E-state index >= 15 is 0 Å². The second kappa shape index (κ2) is 8.10. The molecule has 0 N–H and O–H groups in total. The van der Waals surface area contributed by atoms with Gasteiger partial charge >= 0.3 is 15.6 Å². The van der Waals surface area contributed by atoms with E-state index in [4.69, 9.17) is 13.1 Å². The first-order valence-corrected chi connectivity index (χ1v) is 12.0. The summed E-state index contributed by atoms with van der Waals surface area (Å²) in [6, 6.07) is 10.3.